The first-order chi connectivity index (χ1) is 8.68. The van der Waals surface area contributed by atoms with E-state index in [4.69, 9.17) is 5.73 Å². The molecule has 7 heteroatoms. The number of hydrogen-bond donors (Lipinski definition) is 2. The third-order valence-electron chi connectivity index (χ3n) is 2.67. The second-order valence-electron chi connectivity index (χ2n) is 4.08. The van der Waals surface area contributed by atoms with Crippen molar-refractivity contribution in [3.8, 4) is 0 Å². The molecule has 2 aromatic heterocycles. The first kappa shape index (κ1) is 12.3. The number of carbonyl (C=O) groups excluding carboxylic acids is 1. The van der Waals surface area contributed by atoms with E-state index >= 15 is 0 Å². The summed E-state index contributed by atoms with van der Waals surface area (Å²) in [7, 11) is 1.84. The van der Waals surface area contributed by atoms with Crippen LogP contribution in [0, 0.1) is 0 Å². The molecule has 96 valence electrons. The van der Waals surface area contributed by atoms with Crippen molar-refractivity contribution in [3.63, 3.8) is 0 Å². The Morgan fingerprint density at radius 2 is 2.28 bits per heavy atom. The predicted molar refractivity (Wildman–Crippen MR) is 67.8 cm³/mol. The molecule has 0 spiro atoms. The third kappa shape index (κ3) is 2.73. The van der Waals surface area contributed by atoms with E-state index in [9.17, 15) is 4.79 Å². The van der Waals surface area contributed by atoms with Crippen LogP contribution in [0.15, 0.2) is 12.5 Å². The van der Waals surface area contributed by atoms with Gasteiger partial charge in [0.2, 0.25) is 5.91 Å². The Bertz CT molecular complexity index is 549. The minimum atomic E-state index is -0.258. The molecule has 2 rings (SSSR count). The molecule has 2 aromatic rings. The Kier molecular flexibility index (Phi) is 3.71. The molecule has 0 atom stereocenters. The van der Waals surface area contributed by atoms with Gasteiger partial charge in [-0.05, 0) is 12.8 Å². The van der Waals surface area contributed by atoms with E-state index in [0.29, 0.717) is 6.42 Å². The average Bonchev–Trinajstić information content (AvgIpc) is 2.71. The highest BCUT2D eigenvalue weighted by Crippen LogP contribution is 2.17. The van der Waals surface area contributed by atoms with Gasteiger partial charge in [-0.15, -0.1) is 0 Å². The Morgan fingerprint density at radius 3 is 3.06 bits per heavy atom. The summed E-state index contributed by atoms with van der Waals surface area (Å²) in [5.74, 6) is 0.513. The summed E-state index contributed by atoms with van der Waals surface area (Å²) in [4.78, 5) is 18.9. The van der Waals surface area contributed by atoms with Gasteiger partial charge >= 0.3 is 0 Å². The highest BCUT2D eigenvalue weighted by molar-refractivity contribution is 5.85. The molecule has 0 saturated heterocycles. The fourth-order valence-electron chi connectivity index (χ4n) is 1.73. The zero-order valence-electron chi connectivity index (χ0n) is 10.3. The summed E-state index contributed by atoms with van der Waals surface area (Å²) in [6, 6.07) is 0. The molecule has 0 unspecified atom stereocenters. The normalized spacial score (nSPS) is 10.7. The second-order valence-corrected chi connectivity index (χ2v) is 4.08. The van der Waals surface area contributed by atoms with Crippen molar-refractivity contribution in [1.29, 1.82) is 0 Å². The highest BCUT2D eigenvalue weighted by atomic mass is 16.1. The van der Waals surface area contributed by atoms with E-state index in [0.717, 1.165) is 36.2 Å². The third-order valence-corrected chi connectivity index (χ3v) is 2.67. The summed E-state index contributed by atoms with van der Waals surface area (Å²) in [6.45, 7) is 0.744. The standard InChI is InChI=1S/C11H16N6O/c1-17-11-8(6-16-17)10(14-7-15-11)13-5-3-2-4-9(12)18/h6-7H,2-5H2,1H3,(H2,12,18)(H,13,14,15). The minimum Gasteiger partial charge on any atom is -0.370 e. The van der Waals surface area contributed by atoms with Gasteiger partial charge < -0.3 is 11.1 Å². The Balaban J connectivity index is 1.93. The van der Waals surface area contributed by atoms with Gasteiger partial charge in [0.25, 0.3) is 0 Å². The van der Waals surface area contributed by atoms with Crippen LogP contribution in [-0.4, -0.2) is 32.2 Å². The number of hydrogen-bond acceptors (Lipinski definition) is 5. The van der Waals surface area contributed by atoms with Crippen molar-refractivity contribution in [1.82, 2.24) is 19.7 Å². The van der Waals surface area contributed by atoms with E-state index < -0.39 is 0 Å². The number of rotatable bonds is 6. The van der Waals surface area contributed by atoms with Gasteiger partial charge in [0.15, 0.2) is 5.65 Å². The smallest absolute Gasteiger partial charge is 0.217 e. The van der Waals surface area contributed by atoms with Gasteiger partial charge in [0.05, 0.1) is 11.6 Å². The number of nitrogens with two attached hydrogens (primary N) is 1. The van der Waals surface area contributed by atoms with Crippen molar-refractivity contribution in [2.75, 3.05) is 11.9 Å². The van der Waals surface area contributed by atoms with Crippen LogP contribution in [0.2, 0.25) is 0 Å². The van der Waals surface area contributed by atoms with Gasteiger partial charge in [0, 0.05) is 20.0 Å². The van der Waals surface area contributed by atoms with Crippen LogP contribution < -0.4 is 11.1 Å². The van der Waals surface area contributed by atoms with Crippen molar-refractivity contribution in [2.24, 2.45) is 12.8 Å². The number of unbranched alkanes of at least 4 members (excludes halogenated alkanes) is 1. The minimum absolute atomic E-state index is 0.258. The van der Waals surface area contributed by atoms with Crippen molar-refractivity contribution < 1.29 is 4.79 Å². The van der Waals surface area contributed by atoms with Crippen LogP contribution in [0.4, 0.5) is 5.82 Å². The molecule has 0 fully saturated rings. The average molecular weight is 248 g/mol. The van der Waals surface area contributed by atoms with Gasteiger partial charge in [-0.2, -0.15) is 5.10 Å². The van der Waals surface area contributed by atoms with Crippen LogP contribution in [0.5, 0.6) is 0 Å². The van der Waals surface area contributed by atoms with Crippen LogP contribution in [0.3, 0.4) is 0 Å². The molecule has 0 bridgehead atoms. The molecular weight excluding hydrogens is 232 g/mol. The molecule has 0 aliphatic heterocycles. The summed E-state index contributed by atoms with van der Waals surface area (Å²) in [5.41, 5.74) is 5.87. The Labute approximate surface area is 104 Å². The van der Waals surface area contributed by atoms with Crippen molar-refractivity contribution in [3.05, 3.63) is 12.5 Å². The molecule has 2 heterocycles. The summed E-state index contributed by atoms with van der Waals surface area (Å²) in [5, 5.41) is 8.25. The largest absolute Gasteiger partial charge is 0.370 e. The zero-order chi connectivity index (χ0) is 13.0. The fraction of sp³-hybridized carbons (Fsp3) is 0.455. The maximum absolute atomic E-state index is 10.6. The lowest BCUT2D eigenvalue weighted by molar-refractivity contribution is -0.118. The topological polar surface area (TPSA) is 98.7 Å². The first-order valence-electron chi connectivity index (χ1n) is 5.83. The van der Waals surface area contributed by atoms with E-state index in [-0.39, 0.29) is 5.91 Å². The number of aryl methyl sites for hydroxylation is 1. The van der Waals surface area contributed by atoms with Crippen molar-refractivity contribution in [2.45, 2.75) is 19.3 Å². The monoisotopic (exact) mass is 248 g/mol. The zero-order valence-corrected chi connectivity index (χ0v) is 10.3. The van der Waals surface area contributed by atoms with Crippen LogP contribution >= 0.6 is 0 Å². The molecule has 1 amide bonds. The number of nitrogens with zero attached hydrogens (tertiary/aromatic N) is 4. The first-order valence-corrected chi connectivity index (χ1v) is 5.83. The van der Waals surface area contributed by atoms with E-state index in [2.05, 4.69) is 20.4 Å². The van der Waals surface area contributed by atoms with Gasteiger partial charge in [-0.1, -0.05) is 0 Å². The van der Waals surface area contributed by atoms with Gasteiger partial charge in [-0.25, -0.2) is 9.97 Å². The number of anilines is 1. The van der Waals surface area contributed by atoms with Gasteiger partial charge in [-0.3, -0.25) is 9.48 Å². The lowest BCUT2D eigenvalue weighted by Crippen LogP contribution is -2.11. The maximum atomic E-state index is 10.6. The van der Waals surface area contributed by atoms with E-state index in [1.165, 1.54) is 6.33 Å². The predicted octanol–water partition coefficient (Wildman–Crippen LogP) is 0.431. The number of carbonyl (C=O) groups is 1. The molecule has 3 N–H and O–H groups in total. The molecule has 0 aliphatic carbocycles. The Hall–Kier alpha value is -2.18. The molecule has 0 aromatic carbocycles. The van der Waals surface area contributed by atoms with Crippen LogP contribution in [0.1, 0.15) is 19.3 Å². The number of amides is 1. The van der Waals surface area contributed by atoms with Crippen LogP contribution in [0.25, 0.3) is 11.0 Å². The van der Waals surface area contributed by atoms with E-state index in [1.807, 2.05) is 7.05 Å². The summed E-state index contributed by atoms with van der Waals surface area (Å²) < 4.78 is 1.70. The second kappa shape index (κ2) is 5.44. The number of primary amides is 1. The molecule has 18 heavy (non-hydrogen) atoms. The van der Waals surface area contributed by atoms with E-state index in [1.54, 1.807) is 10.9 Å². The Morgan fingerprint density at radius 1 is 1.44 bits per heavy atom. The molecule has 7 nitrogen and oxygen atoms in total. The number of aromatic nitrogens is 4. The summed E-state index contributed by atoms with van der Waals surface area (Å²) in [6.07, 6.45) is 5.32. The van der Waals surface area contributed by atoms with Gasteiger partial charge in [0.1, 0.15) is 12.1 Å². The maximum Gasteiger partial charge on any atom is 0.217 e. The molecule has 0 saturated carbocycles. The lowest BCUT2D eigenvalue weighted by Gasteiger charge is -2.05. The van der Waals surface area contributed by atoms with Crippen molar-refractivity contribution >= 4 is 22.8 Å². The molecule has 0 radical (unpaired) electrons. The summed E-state index contributed by atoms with van der Waals surface area (Å²) >= 11 is 0. The number of nitrogens with one attached hydrogen (secondary N) is 1. The number of fused-ring (bicyclic) bond motifs is 1. The SMILES string of the molecule is Cn1ncc2c(NCCCCC(N)=O)ncnc21. The highest BCUT2D eigenvalue weighted by Gasteiger charge is 2.06. The lowest BCUT2D eigenvalue weighted by atomic mass is 10.2. The molecule has 0 aliphatic rings. The fourth-order valence-corrected chi connectivity index (χ4v) is 1.73. The quantitative estimate of drug-likeness (QED) is 0.722. The molecular formula is C11H16N6O. The van der Waals surface area contributed by atoms with Crippen LogP contribution in [-0.2, 0) is 11.8 Å².